The van der Waals surface area contributed by atoms with Crippen LogP contribution in [0.15, 0.2) is 48.5 Å². The van der Waals surface area contributed by atoms with Gasteiger partial charge in [0.2, 0.25) is 0 Å². The van der Waals surface area contributed by atoms with Gasteiger partial charge in [-0.2, -0.15) is 18.4 Å². The summed E-state index contributed by atoms with van der Waals surface area (Å²) < 4.78 is 47.5. The molecule has 0 aliphatic heterocycles. The molecule has 0 saturated heterocycles. The number of hydrogen-bond acceptors (Lipinski definition) is 4. The Bertz CT molecular complexity index is 1050. The summed E-state index contributed by atoms with van der Waals surface area (Å²) in [6.45, 7) is 3.43. The Morgan fingerprint density at radius 1 is 1.00 bits per heavy atom. The van der Waals surface area contributed by atoms with Crippen molar-refractivity contribution in [2.75, 3.05) is 0 Å². The Morgan fingerprint density at radius 2 is 1.64 bits per heavy atom. The van der Waals surface area contributed by atoms with Gasteiger partial charge in [0.15, 0.2) is 17.2 Å². The highest BCUT2D eigenvalue weighted by molar-refractivity contribution is 5.61. The Balaban J connectivity index is 2.03. The van der Waals surface area contributed by atoms with E-state index in [0.717, 1.165) is 6.07 Å². The van der Waals surface area contributed by atoms with E-state index in [1.54, 1.807) is 45.2 Å². The quantitative estimate of drug-likeness (QED) is 0.653. The fourth-order valence-electron chi connectivity index (χ4n) is 2.98. The van der Waals surface area contributed by atoms with Gasteiger partial charge in [-0.3, -0.25) is 0 Å². The molecule has 144 valence electrons. The Kier molecular flexibility index (Phi) is 4.86. The topological polar surface area (TPSA) is 63.7 Å². The average Bonchev–Trinajstić information content (AvgIpc) is 3.03. The van der Waals surface area contributed by atoms with E-state index < -0.39 is 17.3 Å². The number of nitriles is 1. The molecule has 3 aromatic rings. The van der Waals surface area contributed by atoms with Crippen LogP contribution in [0.2, 0.25) is 0 Å². The molecule has 1 aromatic heterocycles. The highest BCUT2D eigenvalue weighted by Gasteiger charge is 2.36. The van der Waals surface area contributed by atoms with Gasteiger partial charge in [0.1, 0.15) is 11.8 Å². The molecule has 0 amide bonds. The lowest BCUT2D eigenvalue weighted by atomic mass is 10.1. The molecule has 0 fully saturated rings. The van der Waals surface area contributed by atoms with E-state index in [4.69, 9.17) is 4.74 Å². The molecule has 0 spiro atoms. The summed E-state index contributed by atoms with van der Waals surface area (Å²) in [5.41, 5.74) is -1.55. The molecule has 3 rings (SSSR count). The summed E-state index contributed by atoms with van der Waals surface area (Å²) in [5.74, 6) is 0.760. The Labute approximate surface area is 160 Å². The predicted molar refractivity (Wildman–Crippen MR) is 96.3 cm³/mol. The second-order valence-corrected chi connectivity index (χ2v) is 6.67. The molecule has 0 N–H and O–H groups in total. The summed E-state index contributed by atoms with van der Waals surface area (Å²) in [6.07, 6.45) is -4.51. The van der Waals surface area contributed by atoms with Crippen molar-refractivity contribution in [3.8, 4) is 23.2 Å². The van der Waals surface area contributed by atoms with E-state index in [-0.39, 0.29) is 11.4 Å². The maximum Gasteiger partial charge on any atom is 0.417 e. The number of aromatic nitrogens is 3. The molecule has 0 bridgehead atoms. The number of halogens is 3. The van der Waals surface area contributed by atoms with Gasteiger partial charge in [0, 0.05) is 12.6 Å². The number of rotatable bonds is 4. The van der Waals surface area contributed by atoms with Crippen LogP contribution < -0.4 is 4.74 Å². The van der Waals surface area contributed by atoms with E-state index in [1.165, 1.54) is 22.8 Å². The predicted octanol–water partition coefficient (Wildman–Crippen LogP) is 4.69. The van der Waals surface area contributed by atoms with Gasteiger partial charge < -0.3 is 9.30 Å². The van der Waals surface area contributed by atoms with Crippen molar-refractivity contribution < 1.29 is 17.9 Å². The minimum Gasteiger partial charge on any atom is -0.478 e. The van der Waals surface area contributed by atoms with Gasteiger partial charge >= 0.3 is 6.18 Å². The van der Waals surface area contributed by atoms with E-state index in [9.17, 15) is 18.4 Å². The van der Waals surface area contributed by atoms with Gasteiger partial charge in [0.25, 0.3) is 0 Å². The molecule has 2 aromatic carbocycles. The summed E-state index contributed by atoms with van der Waals surface area (Å²) in [5, 5.41) is 17.3. The number of alkyl halides is 3. The van der Waals surface area contributed by atoms with Crippen LogP contribution in [-0.2, 0) is 18.8 Å². The summed E-state index contributed by atoms with van der Waals surface area (Å²) >= 11 is 0. The van der Waals surface area contributed by atoms with Crippen molar-refractivity contribution in [3.63, 3.8) is 0 Å². The molecule has 28 heavy (non-hydrogen) atoms. The van der Waals surface area contributed by atoms with Crippen molar-refractivity contribution >= 4 is 0 Å². The van der Waals surface area contributed by atoms with Crippen LogP contribution in [0.1, 0.15) is 30.8 Å². The number of nitrogens with zero attached hydrogens (tertiary/aromatic N) is 4. The van der Waals surface area contributed by atoms with Gasteiger partial charge in [-0.1, -0.05) is 30.3 Å². The normalized spacial score (nSPS) is 11.9. The first kappa shape index (κ1) is 19.4. The Morgan fingerprint density at radius 3 is 2.32 bits per heavy atom. The van der Waals surface area contributed by atoms with Crippen molar-refractivity contribution in [2.45, 2.75) is 25.6 Å². The molecule has 1 heterocycles. The smallest absolute Gasteiger partial charge is 0.417 e. The van der Waals surface area contributed by atoms with E-state index in [2.05, 4.69) is 10.2 Å². The second-order valence-electron chi connectivity index (χ2n) is 6.67. The maximum absolute atomic E-state index is 13.4. The molecule has 8 heteroatoms. The summed E-state index contributed by atoms with van der Waals surface area (Å²) in [6, 6.07) is 14.0. The SMILES string of the molecule is Cn1c(-c2ccccc2C(F)(F)F)nnc1C(C)(C)Oc1ccccc1C#N. The highest BCUT2D eigenvalue weighted by Crippen LogP contribution is 2.37. The first-order chi connectivity index (χ1) is 13.1. The molecular weight excluding hydrogens is 369 g/mol. The standard InChI is InChI=1S/C20H17F3N4O/c1-19(2,28-16-11-7-4-8-13(16)12-24)18-26-25-17(27(18)3)14-9-5-6-10-15(14)20(21,22)23/h4-11H,1-3H3. The first-order valence-corrected chi connectivity index (χ1v) is 8.40. The number of benzene rings is 2. The van der Waals surface area contributed by atoms with Crippen LogP contribution in [0.25, 0.3) is 11.4 Å². The lowest BCUT2D eigenvalue weighted by molar-refractivity contribution is -0.137. The van der Waals surface area contributed by atoms with Crippen molar-refractivity contribution in [1.82, 2.24) is 14.8 Å². The largest absolute Gasteiger partial charge is 0.478 e. The highest BCUT2D eigenvalue weighted by atomic mass is 19.4. The molecule has 0 aliphatic rings. The molecule has 0 unspecified atom stereocenters. The molecular formula is C20H17F3N4O. The Hall–Kier alpha value is -3.34. The van der Waals surface area contributed by atoms with Crippen LogP contribution in [0.5, 0.6) is 5.75 Å². The van der Waals surface area contributed by atoms with Crippen LogP contribution >= 0.6 is 0 Å². The first-order valence-electron chi connectivity index (χ1n) is 8.40. The third-order valence-corrected chi connectivity index (χ3v) is 4.26. The average molecular weight is 386 g/mol. The lowest BCUT2D eigenvalue weighted by Gasteiger charge is -2.26. The molecule has 0 radical (unpaired) electrons. The van der Waals surface area contributed by atoms with Crippen molar-refractivity contribution in [3.05, 3.63) is 65.5 Å². The molecule has 0 atom stereocenters. The number of ether oxygens (including phenoxy) is 1. The van der Waals surface area contributed by atoms with Gasteiger partial charge in [0.05, 0.1) is 11.1 Å². The minimum atomic E-state index is -4.51. The fourth-order valence-corrected chi connectivity index (χ4v) is 2.98. The van der Waals surface area contributed by atoms with Crippen LogP contribution in [-0.4, -0.2) is 14.8 Å². The van der Waals surface area contributed by atoms with Crippen molar-refractivity contribution in [1.29, 1.82) is 5.26 Å². The van der Waals surface area contributed by atoms with E-state index >= 15 is 0 Å². The number of hydrogen-bond donors (Lipinski definition) is 0. The van der Waals surface area contributed by atoms with Crippen molar-refractivity contribution in [2.24, 2.45) is 7.05 Å². The van der Waals surface area contributed by atoms with E-state index in [0.29, 0.717) is 17.1 Å². The van der Waals surface area contributed by atoms with Gasteiger partial charge in [-0.25, -0.2) is 0 Å². The maximum atomic E-state index is 13.4. The fraction of sp³-hybridized carbons (Fsp3) is 0.250. The zero-order valence-corrected chi connectivity index (χ0v) is 15.4. The third kappa shape index (κ3) is 3.56. The molecule has 0 saturated carbocycles. The van der Waals surface area contributed by atoms with Crippen LogP contribution in [0.3, 0.4) is 0 Å². The number of para-hydroxylation sites is 1. The lowest BCUT2D eigenvalue weighted by Crippen LogP contribution is -2.29. The van der Waals surface area contributed by atoms with Gasteiger partial charge in [-0.15, -0.1) is 10.2 Å². The summed E-state index contributed by atoms with van der Waals surface area (Å²) in [7, 11) is 1.58. The van der Waals surface area contributed by atoms with Crippen LogP contribution in [0.4, 0.5) is 13.2 Å². The third-order valence-electron chi connectivity index (χ3n) is 4.26. The van der Waals surface area contributed by atoms with Gasteiger partial charge in [-0.05, 0) is 32.0 Å². The van der Waals surface area contributed by atoms with Crippen LogP contribution in [0, 0.1) is 11.3 Å². The van der Waals surface area contributed by atoms with E-state index in [1.807, 2.05) is 6.07 Å². The second kappa shape index (κ2) is 7.00. The summed E-state index contributed by atoms with van der Waals surface area (Å²) in [4.78, 5) is 0. The molecule has 5 nitrogen and oxygen atoms in total. The molecule has 0 aliphatic carbocycles. The zero-order valence-electron chi connectivity index (χ0n) is 15.4. The zero-order chi connectivity index (χ0) is 20.5. The minimum absolute atomic E-state index is 0.0653. The monoisotopic (exact) mass is 386 g/mol.